The molecule has 0 unspecified atom stereocenters. The van der Waals surface area contributed by atoms with Gasteiger partial charge in [-0.1, -0.05) is 40.9 Å². The van der Waals surface area contributed by atoms with Crippen LogP contribution in [-0.2, 0) is 4.79 Å². The Kier molecular flexibility index (Phi) is 5.62. The second kappa shape index (κ2) is 6.75. The van der Waals surface area contributed by atoms with Crippen LogP contribution in [0.1, 0.15) is 30.1 Å². The van der Waals surface area contributed by atoms with Crippen LogP contribution in [0.5, 0.6) is 0 Å². The van der Waals surface area contributed by atoms with E-state index >= 15 is 0 Å². The molecule has 0 saturated carbocycles. The van der Waals surface area contributed by atoms with E-state index in [-0.39, 0.29) is 0 Å². The van der Waals surface area contributed by atoms with Gasteiger partial charge in [0.05, 0.1) is 0 Å². The van der Waals surface area contributed by atoms with Gasteiger partial charge in [0.25, 0.3) is 5.91 Å². The Morgan fingerprint density at radius 1 is 1.44 bits per heavy atom. The largest absolute Gasteiger partial charge is 0.480 e. The van der Waals surface area contributed by atoms with Crippen molar-refractivity contribution in [3.05, 3.63) is 33.3 Å². The first kappa shape index (κ1) is 15.0. The van der Waals surface area contributed by atoms with Gasteiger partial charge < -0.3 is 10.4 Å². The highest BCUT2D eigenvalue weighted by atomic mass is 79.9. The molecular formula is C12H13BrClNO3. The molecule has 0 aromatic heterocycles. The Labute approximate surface area is 118 Å². The number of carbonyl (C=O) groups excluding carboxylic acids is 1. The number of carboxylic acid groups (broad SMARTS) is 1. The number of halogens is 2. The summed E-state index contributed by atoms with van der Waals surface area (Å²) in [7, 11) is 0. The molecule has 0 saturated heterocycles. The van der Waals surface area contributed by atoms with Crippen LogP contribution in [0.2, 0.25) is 5.02 Å². The van der Waals surface area contributed by atoms with Gasteiger partial charge in [0.15, 0.2) is 0 Å². The van der Waals surface area contributed by atoms with Crippen molar-refractivity contribution in [2.45, 2.75) is 25.8 Å². The predicted molar refractivity (Wildman–Crippen MR) is 73.0 cm³/mol. The Hall–Kier alpha value is -1.07. The van der Waals surface area contributed by atoms with Crippen LogP contribution in [0, 0.1) is 0 Å². The maximum atomic E-state index is 11.9. The van der Waals surface area contributed by atoms with Crippen LogP contribution in [0.3, 0.4) is 0 Å². The quantitative estimate of drug-likeness (QED) is 0.869. The molecule has 0 bridgehead atoms. The van der Waals surface area contributed by atoms with Crippen LogP contribution >= 0.6 is 27.5 Å². The Morgan fingerprint density at radius 2 is 2.11 bits per heavy atom. The molecule has 0 spiro atoms. The molecule has 1 amide bonds. The van der Waals surface area contributed by atoms with E-state index in [0.29, 0.717) is 27.9 Å². The summed E-state index contributed by atoms with van der Waals surface area (Å²) >= 11 is 9.05. The molecule has 1 rings (SSSR count). The summed E-state index contributed by atoms with van der Waals surface area (Å²) in [5.41, 5.74) is 0.330. The molecule has 1 aromatic rings. The first-order chi connectivity index (χ1) is 8.43. The van der Waals surface area contributed by atoms with Gasteiger partial charge in [-0.05, 0) is 24.6 Å². The van der Waals surface area contributed by atoms with E-state index in [9.17, 15) is 9.59 Å². The van der Waals surface area contributed by atoms with Crippen LogP contribution in [0.4, 0.5) is 0 Å². The third-order valence-electron chi connectivity index (χ3n) is 2.31. The molecule has 0 heterocycles. The lowest BCUT2D eigenvalue weighted by molar-refractivity contribution is -0.139. The summed E-state index contributed by atoms with van der Waals surface area (Å²) in [5.74, 6) is -1.48. The molecule has 1 atom stereocenters. The summed E-state index contributed by atoms with van der Waals surface area (Å²) in [6.07, 6.45) is 1.07. The molecule has 6 heteroatoms. The number of carboxylic acids is 1. The van der Waals surface area contributed by atoms with Crippen molar-refractivity contribution in [2.75, 3.05) is 0 Å². The number of aliphatic carboxylic acids is 1. The van der Waals surface area contributed by atoms with Crippen molar-refractivity contribution in [3.63, 3.8) is 0 Å². The van der Waals surface area contributed by atoms with E-state index in [2.05, 4.69) is 21.2 Å². The summed E-state index contributed by atoms with van der Waals surface area (Å²) in [6, 6.07) is 3.86. The summed E-state index contributed by atoms with van der Waals surface area (Å²) in [4.78, 5) is 22.8. The van der Waals surface area contributed by atoms with E-state index in [1.54, 1.807) is 12.1 Å². The van der Waals surface area contributed by atoms with E-state index in [0.717, 1.165) is 0 Å². The minimum Gasteiger partial charge on any atom is -0.480 e. The summed E-state index contributed by atoms with van der Waals surface area (Å²) < 4.78 is 0.669. The predicted octanol–water partition coefficient (Wildman–Crippen LogP) is 3.09. The Bertz CT molecular complexity index is 444. The number of rotatable bonds is 5. The zero-order valence-electron chi connectivity index (χ0n) is 9.74. The van der Waals surface area contributed by atoms with Gasteiger partial charge in [0.2, 0.25) is 0 Å². The fraction of sp³-hybridized carbons (Fsp3) is 0.333. The van der Waals surface area contributed by atoms with Gasteiger partial charge in [0.1, 0.15) is 6.04 Å². The van der Waals surface area contributed by atoms with Crippen LogP contribution in [-0.4, -0.2) is 23.0 Å². The number of benzene rings is 1. The summed E-state index contributed by atoms with van der Waals surface area (Å²) in [5, 5.41) is 11.8. The third kappa shape index (κ3) is 4.31. The van der Waals surface area contributed by atoms with E-state index in [1.165, 1.54) is 6.07 Å². The molecule has 18 heavy (non-hydrogen) atoms. The number of hydrogen-bond donors (Lipinski definition) is 2. The van der Waals surface area contributed by atoms with Crippen molar-refractivity contribution in [1.29, 1.82) is 0 Å². The zero-order chi connectivity index (χ0) is 13.7. The number of hydrogen-bond acceptors (Lipinski definition) is 2. The van der Waals surface area contributed by atoms with Crippen LogP contribution < -0.4 is 5.32 Å². The lowest BCUT2D eigenvalue weighted by Gasteiger charge is -2.13. The monoisotopic (exact) mass is 333 g/mol. The Balaban J connectivity index is 2.83. The minimum atomic E-state index is -1.04. The molecule has 2 N–H and O–H groups in total. The van der Waals surface area contributed by atoms with Crippen molar-refractivity contribution < 1.29 is 14.7 Å². The smallest absolute Gasteiger partial charge is 0.326 e. The highest BCUT2D eigenvalue weighted by Crippen LogP contribution is 2.19. The molecular weight excluding hydrogens is 321 g/mol. The third-order valence-corrected chi connectivity index (χ3v) is 2.98. The van der Waals surface area contributed by atoms with E-state index in [4.69, 9.17) is 16.7 Å². The lowest BCUT2D eigenvalue weighted by atomic mass is 10.1. The van der Waals surface area contributed by atoms with E-state index < -0.39 is 17.9 Å². The first-order valence-corrected chi connectivity index (χ1v) is 6.61. The fourth-order valence-corrected chi connectivity index (χ4v) is 2.33. The maximum Gasteiger partial charge on any atom is 0.326 e. The summed E-state index contributed by atoms with van der Waals surface area (Å²) in [6.45, 7) is 1.86. The molecule has 0 fully saturated rings. The average Bonchev–Trinajstić information content (AvgIpc) is 2.26. The van der Waals surface area contributed by atoms with E-state index in [1.807, 2.05) is 6.92 Å². The van der Waals surface area contributed by atoms with Gasteiger partial charge in [0, 0.05) is 15.1 Å². The molecule has 0 aliphatic rings. The highest BCUT2D eigenvalue weighted by Gasteiger charge is 2.19. The highest BCUT2D eigenvalue weighted by molar-refractivity contribution is 9.10. The van der Waals surface area contributed by atoms with Crippen molar-refractivity contribution in [1.82, 2.24) is 5.32 Å². The minimum absolute atomic E-state index is 0.330. The maximum absolute atomic E-state index is 11.9. The SMILES string of the molecule is CCC[C@@H](NC(=O)c1cc(Cl)cc(Br)c1)C(=O)O. The van der Waals surface area contributed by atoms with Crippen LogP contribution in [0.15, 0.2) is 22.7 Å². The van der Waals surface area contributed by atoms with Gasteiger partial charge in [-0.15, -0.1) is 0 Å². The molecule has 4 nitrogen and oxygen atoms in total. The molecule has 1 aromatic carbocycles. The topological polar surface area (TPSA) is 66.4 Å². The average molecular weight is 335 g/mol. The van der Waals surface area contributed by atoms with Crippen molar-refractivity contribution >= 4 is 39.4 Å². The van der Waals surface area contributed by atoms with Crippen molar-refractivity contribution in [3.8, 4) is 0 Å². The Morgan fingerprint density at radius 3 is 2.61 bits per heavy atom. The van der Waals surface area contributed by atoms with Gasteiger partial charge in [-0.3, -0.25) is 4.79 Å². The molecule has 98 valence electrons. The number of amides is 1. The standard InChI is InChI=1S/C12H13BrClNO3/c1-2-3-10(12(17)18)15-11(16)7-4-8(13)6-9(14)5-7/h4-6,10H,2-3H2,1H3,(H,15,16)(H,17,18)/t10-/m1/s1. The molecule has 0 aliphatic heterocycles. The molecule has 0 radical (unpaired) electrons. The second-order valence-corrected chi connectivity index (χ2v) is 5.16. The van der Waals surface area contributed by atoms with Crippen molar-refractivity contribution in [2.24, 2.45) is 0 Å². The second-order valence-electron chi connectivity index (χ2n) is 3.81. The van der Waals surface area contributed by atoms with Gasteiger partial charge in [-0.25, -0.2) is 4.79 Å². The fourth-order valence-electron chi connectivity index (χ4n) is 1.47. The lowest BCUT2D eigenvalue weighted by Crippen LogP contribution is -2.40. The first-order valence-electron chi connectivity index (χ1n) is 5.43. The van der Waals surface area contributed by atoms with Gasteiger partial charge >= 0.3 is 5.97 Å². The zero-order valence-corrected chi connectivity index (χ0v) is 12.1. The number of carbonyl (C=O) groups is 2. The normalized spacial score (nSPS) is 11.9. The van der Waals surface area contributed by atoms with Gasteiger partial charge in [-0.2, -0.15) is 0 Å². The van der Waals surface area contributed by atoms with Crippen LogP contribution in [0.25, 0.3) is 0 Å². The molecule has 0 aliphatic carbocycles. The number of nitrogens with one attached hydrogen (secondary N) is 1.